The minimum absolute atomic E-state index is 0. The average molecular weight is 349 g/mol. The summed E-state index contributed by atoms with van der Waals surface area (Å²) < 4.78 is 13.1. The second kappa shape index (κ2) is 8.31. The van der Waals surface area contributed by atoms with E-state index >= 15 is 0 Å². The molecule has 0 saturated carbocycles. The molecule has 1 fully saturated rings. The molecule has 8 heteroatoms. The predicted octanol–water partition coefficient (Wildman–Crippen LogP) is 1.96. The van der Waals surface area contributed by atoms with Gasteiger partial charge in [0.15, 0.2) is 0 Å². The van der Waals surface area contributed by atoms with Crippen molar-refractivity contribution in [1.82, 2.24) is 20.6 Å². The van der Waals surface area contributed by atoms with Crippen molar-refractivity contribution < 1.29 is 9.18 Å². The zero-order valence-corrected chi connectivity index (χ0v) is 13.5. The first kappa shape index (κ1) is 18.7. The highest BCUT2D eigenvalue weighted by Crippen LogP contribution is 2.13. The summed E-state index contributed by atoms with van der Waals surface area (Å²) in [6, 6.07) is 4.40. The number of H-pyrrole nitrogens is 1. The lowest BCUT2D eigenvalue weighted by molar-refractivity contribution is -0.122. The second-order valence-corrected chi connectivity index (χ2v) is 5.03. The van der Waals surface area contributed by atoms with Crippen molar-refractivity contribution in [2.45, 2.75) is 25.3 Å². The van der Waals surface area contributed by atoms with Gasteiger partial charge in [0.05, 0.1) is 17.1 Å². The van der Waals surface area contributed by atoms with Gasteiger partial charge in [-0.3, -0.25) is 4.79 Å². The lowest BCUT2D eigenvalue weighted by atomic mass is 10.2. The number of benzene rings is 1. The number of imidazole rings is 1. The van der Waals surface area contributed by atoms with Crippen LogP contribution in [0.2, 0.25) is 0 Å². The molecular weight excluding hydrogens is 330 g/mol. The van der Waals surface area contributed by atoms with Gasteiger partial charge in [0.25, 0.3) is 0 Å². The van der Waals surface area contributed by atoms with Gasteiger partial charge in [-0.25, -0.2) is 9.37 Å². The van der Waals surface area contributed by atoms with Crippen LogP contribution in [0.25, 0.3) is 11.0 Å². The summed E-state index contributed by atoms with van der Waals surface area (Å²) in [6.07, 6.45) is 2.55. The fourth-order valence-corrected chi connectivity index (χ4v) is 2.49. The normalized spacial score (nSPS) is 16.9. The van der Waals surface area contributed by atoms with Gasteiger partial charge in [0.1, 0.15) is 11.6 Å². The van der Waals surface area contributed by atoms with Crippen LogP contribution in [0.3, 0.4) is 0 Å². The SMILES string of the molecule is Cl.Cl.O=C(NCCc1nc2ccc(F)cc2[nH]1)C1CCCN1. The lowest BCUT2D eigenvalue weighted by Crippen LogP contribution is -2.41. The van der Waals surface area contributed by atoms with E-state index in [-0.39, 0.29) is 42.6 Å². The van der Waals surface area contributed by atoms with Crippen molar-refractivity contribution in [3.8, 4) is 0 Å². The van der Waals surface area contributed by atoms with Crippen molar-refractivity contribution in [2.75, 3.05) is 13.1 Å². The molecule has 1 atom stereocenters. The van der Waals surface area contributed by atoms with E-state index < -0.39 is 0 Å². The van der Waals surface area contributed by atoms with Gasteiger partial charge in [0.2, 0.25) is 5.91 Å². The van der Waals surface area contributed by atoms with Crippen LogP contribution in [0.15, 0.2) is 18.2 Å². The first-order valence-corrected chi connectivity index (χ1v) is 6.87. The van der Waals surface area contributed by atoms with Crippen molar-refractivity contribution in [2.24, 2.45) is 0 Å². The monoisotopic (exact) mass is 348 g/mol. The van der Waals surface area contributed by atoms with Crippen molar-refractivity contribution in [1.29, 1.82) is 0 Å². The number of hydrogen-bond acceptors (Lipinski definition) is 3. The summed E-state index contributed by atoms with van der Waals surface area (Å²) >= 11 is 0. The maximum Gasteiger partial charge on any atom is 0.237 e. The minimum atomic E-state index is -0.284. The van der Waals surface area contributed by atoms with Crippen LogP contribution in [-0.4, -0.2) is 35.0 Å². The van der Waals surface area contributed by atoms with E-state index in [1.165, 1.54) is 12.1 Å². The lowest BCUT2D eigenvalue weighted by Gasteiger charge is -2.10. The predicted molar refractivity (Wildman–Crippen MR) is 88.3 cm³/mol. The van der Waals surface area contributed by atoms with Gasteiger partial charge in [0, 0.05) is 13.0 Å². The summed E-state index contributed by atoms with van der Waals surface area (Å²) in [5.74, 6) is 0.517. The number of hydrogen-bond donors (Lipinski definition) is 3. The Hall–Kier alpha value is -1.37. The molecule has 0 aliphatic carbocycles. The highest BCUT2D eigenvalue weighted by molar-refractivity contribution is 5.85. The summed E-state index contributed by atoms with van der Waals surface area (Å²) in [5.41, 5.74) is 1.42. The van der Waals surface area contributed by atoms with Crippen LogP contribution in [0.5, 0.6) is 0 Å². The topological polar surface area (TPSA) is 69.8 Å². The van der Waals surface area contributed by atoms with Crippen molar-refractivity contribution in [3.05, 3.63) is 29.8 Å². The smallest absolute Gasteiger partial charge is 0.237 e. The Morgan fingerprint density at radius 2 is 2.23 bits per heavy atom. The summed E-state index contributed by atoms with van der Waals surface area (Å²) in [6.45, 7) is 1.44. The maximum absolute atomic E-state index is 13.1. The Bertz CT molecular complexity index is 628. The van der Waals surface area contributed by atoms with Gasteiger partial charge < -0.3 is 15.6 Å². The van der Waals surface area contributed by atoms with E-state index in [9.17, 15) is 9.18 Å². The zero-order valence-electron chi connectivity index (χ0n) is 11.9. The molecule has 3 N–H and O–H groups in total. The molecule has 1 aromatic heterocycles. The van der Waals surface area contributed by atoms with Gasteiger partial charge in [-0.15, -0.1) is 24.8 Å². The first-order chi connectivity index (χ1) is 9.72. The Morgan fingerprint density at radius 3 is 2.95 bits per heavy atom. The van der Waals surface area contributed by atoms with Gasteiger partial charge in [-0.1, -0.05) is 0 Å². The first-order valence-electron chi connectivity index (χ1n) is 6.87. The van der Waals surface area contributed by atoms with Crippen LogP contribution in [0.4, 0.5) is 4.39 Å². The number of fused-ring (bicyclic) bond motifs is 1. The maximum atomic E-state index is 13.1. The molecule has 2 heterocycles. The highest BCUT2D eigenvalue weighted by Gasteiger charge is 2.21. The number of halogens is 3. The van der Waals surface area contributed by atoms with Crippen LogP contribution < -0.4 is 10.6 Å². The molecule has 0 spiro atoms. The molecule has 22 heavy (non-hydrogen) atoms. The molecule has 2 aromatic rings. The molecule has 5 nitrogen and oxygen atoms in total. The molecule has 122 valence electrons. The molecule has 0 bridgehead atoms. The second-order valence-electron chi connectivity index (χ2n) is 5.03. The third-order valence-electron chi connectivity index (χ3n) is 3.53. The average Bonchev–Trinajstić information content (AvgIpc) is 3.06. The Balaban J connectivity index is 0.00000121. The van der Waals surface area contributed by atoms with E-state index in [0.717, 1.165) is 30.7 Å². The summed E-state index contributed by atoms with van der Waals surface area (Å²) in [5, 5.41) is 6.05. The molecule has 1 aliphatic heterocycles. The van der Waals surface area contributed by atoms with Gasteiger partial charge in [-0.2, -0.15) is 0 Å². The Morgan fingerprint density at radius 1 is 1.41 bits per heavy atom. The van der Waals surface area contributed by atoms with Crippen LogP contribution in [0.1, 0.15) is 18.7 Å². The van der Waals surface area contributed by atoms with E-state index in [2.05, 4.69) is 20.6 Å². The number of amides is 1. The molecule has 3 rings (SSSR count). The third-order valence-corrected chi connectivity index (χ3v) is 3.53. The van der Waals surface area contributed by atoms with E-state index in [4.69, 9.17) is 0 Å². The van der Waals surface area contributed by atoms with E-state index in [0.29, 0.717) is 18.5 Å². The largest absolute Gasteiger partial charge is 0.354 e. The number of carbonyl (C=O) groups is 1. The summed E-state index contributed by atoms with van der Waals surface area (Å²) in [4.78, 5) is 19.2. The van der Waals surface area contributed by atoms with Crippen molar-refractivity contribution in [3.63, 3.8) is 0 Å². The molecular formula is C14H19Cl2FN4O. The highest BCUT2D eigenvalue weighted by atomic mass is 35.5. The van der Waals surface area contributed by atoms with Crippen LogP contribution in [-0.2, 0) is 11.2 Å². The fourth-order valence-electron chi connectivity index (χ4n) is 2.49. The quantitative estimate of drug-likeness (QED) is 0.790. The number of carbonyl (C=O) groups excluding carboxylic acids is 1. The number of rotatable bonds is 4. The standard InChI is InChI=1S/C14H17FN4O.2ClH/c15-9-3-4-10-12(8-9)19-13(18-10)5-7-17-14(20)11-2-1-6-16-11;;/h3-4,8,11,16H,1-2,5-7H2,(H,17,20)(H,18,19);2*1H. The fraction of sp³-hybridized carbons (Fsp3) is 0.429. The number of nitrogens with one attached hydrogen (secondary N) is 3. The van der Waals surface area contributed by atoms with E-state index in [1.54, 1.807) is 6.07 Å². The Kier molecular flexibility index (Phi) is 7.06. The third kappa shape index (κ3) is 4.32. The molecule has 0 radical (unpaired) electrons. The van der Waals surface area contributed by atoms with Gasteiger partial charge in [-0.05, 0) is 37.6 Å². The molecule has 1 aliphatic rings. The minimum Gasteiger partial charge on any atom is -0.354 e. The van der Waals surface area contributed by atoms with Crippen molar-refractivity contribution >= 4 is 41.8 Å². The van der Waals surface area contributed by atoms with Crippen LogP contribution >= 0.6 is 24.8 Å². The van der Waals surface area contributed by atoms with E-state index in [1.807, 2.05) is 0 Å². The zero-order chi connectivity index (χ0) is 13.9. The number of aromatic nitrogens is 2. The molecule has 1 aromatic carbocycles. The number of nitrogens with zero attached hydrogens (tertiary/aromatic N) is 1. The molecule has 1 saturated heterocycles. The van der Waals surface area contributed by atoms with Gasteiger partial charge >= 0.3 is 0 Å². The Labute approximate surface area is 140 Å². The van der Waals surface area contributed by atoms with Crippen LogP contribution in [0, 0.1) is 5.82 Å². The summed E-state index contributed by atoms with van der Waals surface area (Å²) in [7, 11) is 0. The number of aromatic amines is 1. The molecule has 1 amide bonds. The molecule has 1 unspecified atom stereocenters.